The number of aromatic amines is 2. The number of amides is 2. The Bertz CT molecular complexity index is 1890. The Labute approximate surface area is 300 Å². The van der Waals surface area contributed by atoms with Gasteiger partial charge >= 0.3 is 23.5 Å². The van der Waals surface area contributed by atoms with E-state index in [2.05, 4.69) is 15.3 Å². The number of carbonyl (C=O) groups is 2. The van der Waals surface area contributed by atoms with Gasteiger partial charge in [-0.15, -0.1) is 0 Å². The third kappa shape index (κ3) is 10.7. The topological polar surface area (TPSA) is 238 Å². The van der Waals surface area contributed by atoms with Gasteiger partial charge in [0.1, 0.15) is 24.5 Å². The van der Waals surface area contributed by atoms with E-state index in [1.807, 2.05) is 13.0 Å². The molecule has 2 amide bonds. The largest absolute Gasteiger partial charge is 0.471 e. The molecule has 1 unspecified atom stereocenters. The van der Waals surface area contributed by atoms with Crippen molar-refractivity contribution in [1.29, 1.82) is 5.26 Å². The number of H-pyrrole nitrogens is 2. The second-order valence-corrected chi connectivity index (χ2v) is 13.8. The van der Waals surface area contributed by atoms with E-state index >= 15 is 0 Å². The van der Waals surface area contributed by atoms with Crippen LogP contribution in [0.1, 0.15) is 56.2 Å². The summed E-state index contributed by atoms with van der Waals surface area (Å²) in [6.45, 7) is 5.15. The van der Waals surface area contributed by atoms with Crippen molar-refractivity contribution >= 4 is 20.2 Å². The molecule has 2 fully saturated rings. The molecule has 2 aliphatic heterocycles. The summed E-state index contributed by atoms with van der Waals surface area (Å²) in [6, 6.07) is 1.93. The van der Waals surface area contributed by atoms with Crippen molar-refractivity contribution < 1.29 is 46.0 Å². The highest BCUT2D eigenvalue weighted by Crippen LogP contribution is 2.43. The van der Waals surface area contributed by atoms with E-state index in [-0.39, 0.29) is 37.5 Å². The van der Waals surface area contributed by atoms with E-state index in [0.29, 0.717) is 18.4 Å². The van der Waals surface area contributed by atoms with Crippen LogP contribution in [0.2, 0.25) is 0 Å². The van der Waals surface area contributed by atoms with Gasteiger partial charge in [-0.05, 0) is 32.6 Å². The molecule has 0 radical (unpaired) electrons. The molecule has 0 spiro atoms. The Kier molecular flexibility index (Phi) is 14.3. The predicted molar refractivity (Wildman–Crippen MR) is 179 cm³/mol. The van der Waals surface area contributed by atoms with Crippen LogP contribution in [0, 0.1) is 31.1 Å². The Hall–Kier alpha value is -4.19. The fraction of sp³-hybridized carbons (Fsp3) is 0.645. The summed E-state index contributed by atoms with van der Waals surface area (Å²) in [4.78, 5) is 78.5. The number of ether oxygens (including phenoxy) is 3. The van der Waals surface area contributed by atoms with Crippen molar-refractivity contribution in [3.8, 4) is 6.07 Å². The van der Waals surface area contributed by atoms with Gasteiger partial charge in [-0.25, -0.2) is 9.59 Å². The molecule has 22 heteroatoms. The van der Waals surface area contributed by atoms with E-state index in [0.717, 1.165) is 4.57 Å². The number of aryl methyl sites for hydroxylation is 2. The van der Waals surface area contributed by atoms with Crippen LogP contribution >= 0.6 is 8.38 Å². The number of carbonyl (C=O) groups excluding carboxylic acids is 2. The van der Waals surface area contributed by atoms with Gasteiger partial charge in [0.2, 0.25) is 5.91 Å². The zero-order chi connectivity index (χ0) is 39.0. The summed E-state index contributed by atoms with van der Waals surface area (Å²) in [7, 11) is -1.74. The van der Waals surface area contributed by atoms with Gasteiger partial charge in [0, 0.05) is 49.7 Å². The first-order valence-corrected chi connectivity index (χ1v) is 18.2. The molecule has 2 aromatic rings. The smallest absolute Gasteiger partial charge is 0.369 e. The summed E-state index contributed by atoms with van der Waals surface area (Å²) in [6.07, 6.45) is -7.57. The quantitative estimate of drug-likeness (QED) is 0.137. The molecular weight excluding hydrogens is 734 g/mol. The van der Waals surface area contributed by atoms with Gasteiger partial charge in [-0.2, -0.15) is 18.4 Å². The molecule has 4 rings (SSSR count). The normalized spacial score (nSPS) is 24.8. The van der Waals surface area contributed by atoms with Gasteiger partial charge in [0.25, 0.3) is 11.1 Å². The van der Waals surface area contributed by atoms with Crippen molar-refractivity contribution in [2.45, 2.75) is 89.5 Å². The summed E-state index contributed by atoms with van der Waals surface area (Å²) in [5, 5.41) is 13.4. The molecule has 0 saturated carbocycles. The first kappa shape index (κ1) is 41.6. The maximum atomic E-state index is 13.4. The van der Waals surface area contributed by atoms with Crippen LogP contribution in [-0.4, -0.2) is 94.5 Å². The number of nitrogens with one attached hydrogen (secondary N) is 4. The van der Waals surface area contributed by atoms with E-state index in [4.69, 9.17) is 28.5 Å². The Balaban J connectivity index is 1.54. The van der Waals surface area contributed by atoms with Crippen molar-refractivity contribution in [3.63, 3.8) is 0 Å². The summed E-state index contributed by atoms with van der Waals surface area (Å²) in [5.74, 6) is -2.94. The van der Waals surface area contributed by atoms with Crippen LogP contribution in [0.5, 0.6) is 0 Å². The first-order valence-electron chi connectivity index (χ1n) is 16.6. The molecule has 18 nitrogen and oxygen atoms in total. The van der Waals surface area contributed by atoms with Crippen LogP contribution in [-0.2, 0) is 32.8 Å². The Morgan fingerprint density at radius 1 is 1.00 bits per heavy atom. The number of nitrogens with zero attached hydrogens (tertiary/aromatic N) is 3. The molecule has 0 bridgehead atoms. The number of hydrogen-bond donors (Lipinski definition) is 4. The molecule has 0 aromatic carbocycles. The van der Waals surface area contributed by atoms with E-state index in [9.17, 15) is 41.9 Å². The fourth-order valence-corrected chi connectivity index (χ4v) is 6.99. The number of nitriles is 1. The fourth-order valence-electron chi connectivity index (χ4n) is 5.99. The lowest BCUT2D eigenvalue weighted by Crippen LogP contribution is -2.44. The van der Waals surface area contributed by atoms with Crippen LogP contribution in [0.4, 0.5) is 13.2 Å². The summed E-state index contributed by atoms with van der Waals surface area (Å²) in [5.41, 5.74) is -2.29. The maximum absolute atomic E-state index is 13.4. The average Bonchev–Trinajstić information content (AvgIpc) is 3.65. The SMILES string of the molecule is CC[C@H]1O[C@@H](n2cc(C)c(=O)[nH]c2=O)C[C@@H]1CC(=O)NC[C@H]1O[C@@H](n2cc(C)c(=O)[nH]c2=O)[C@H](OCCNC(=O)C(F)(F)F)[C@@H]1OP(C)OCCC#N. The van der Waals surface area contributed by atoms with E-state index < -0.39 is 98.9 Å². The number of hydrogen-bond acceptors (Lipinski definition) is 12. The molecule has 8 atom stereocenters. The average molecular weight is 776 g/mol. The van der Waals surface area contributed by atoms with Crippen LogP contribution in [0.3, 0.4) is 0 Å². The second-order valence-electron chi connectivity index (χ2n) is 12.4. The molecule has 4 N–H and O–H groups in total. The minimum atomic E-state index is -5.13. The van der Waals surface area contributed by atoms with Crippen molar-refractivity contribution in [2.24, 2.45) is 5.92 Å². The molecule has 4 heterocycles. The lowest BCUT2D eigenvalue weighted by Gasteiger charge is -2.27. The van der Waals surface area contributed by atoms with Crippen LogP contribution in [0.15, 0.2) is 31.6 Å². The highest BCUT2D eigenvalue weighted by atomic mass is 31.2. The lowest BCUT2D eigenvalue weighted by molar-refractivity contribution is -0.174. The minimum absolute atomic E-state index is 0.0124. The monoisotopic (exact) mass is 775 g/mol. The number of rotatable bonds is 16. The second kappa shape index (κ2) is 18.2. The van der Waals surface area contributed by atoms with Gasteiger partial charge in [0.05, 0.1) is 31.8 Å². The molecule has 0 aliphatic carbocycles. The van der Waals surface area contributed by atoms with Crippen LogP contribution in [0.25, 0.3) is 0 Å². The summed E-state index contributed by atoms with van der Waals surface area (Å²) < 4.78 is 70.5. The summed E-state index contributed by atoms with van der Waals surface area (Å²) >= 11 is 0. The van der Waals surface area contributed by atoms with Crippen molar-refractivity contribution in [2.75, 3.05) is 33.0 Å². The number of alkyl halides is 3. The zero-order valence-corrected chi connectivity index (χ0v) is 30.2. The highest BCUT2D eigenvalue weighted by molar-refractivity contribution is 7.46. The number of halogens is 3. The Morgan fingerprint density at radius 3 is 2.26 bits per heavy atom. The maximum Gasteiger partial charge on any atom is 0.471 e. The minimum Gasteiger partial charge on any atom is -0.369 e. The first-order chi connectivity index (χ1) is 25.0. The Morgan fingerprint density at radius 2 is 1.64 bits per heavy atom. The number of aromatic nitrogens is 4. The lowest BCUT2D eigenvalue weighted by atomic mass is 9.95. The zero-order valence-electron chi connectivity index (χ0n) is 29.3. The van der Waals surface area contributed by atoms with E-state index in [1.165, 1.54) is 23.9 Å². The van der Waals surface area contributed by atoms with Gasteiger partial charge in [0.15, 0.2) is 14.6 Å². The molecule has 2 aliphatic rings. The highest BCUT2D eigenvalue weighted by Gasteiger charge is 2.49. The van der Waals surface area contributed by atoms with Crippen LogP contribution < -0.4 is 33.1 Å². The van der Waals surface area contributed by atoms with Gasteiger partial charge in [-0.3, -0.25) is 38.3 Å². The van der Waals surface area contributed by atoms with Gasteiger partial charge < -0.3 is 33.9 Å². The molecular formula is C31H41F3N7O11P. The standard InChI is InChI=1S/C31H41F3N7O11P/c1-5-19-18(12-22(50-19)40-14-16(2)25(43)38-29(40)46)11-21(42)37-13-20-23(52-53(4)49-9-6-7-35)24(48-10-8-36-28(45)31(32,33)34)27(51-20)41-15-17(3)26(44)39-30(41)47/h14-15,18-20,22-24,27H,5-6,8-13H2,1-4H3,(H,36,45)(H,37,42)(H,38,43,46)(H,39,44,47)/t18-,19+,20+,22+,23+,24+,27+,53?/m0/s1. The molecule has 2 saturated heterocycles. The van der Waals surface area contributed by atoms with Gasteiger partial charge in [-0.1, -0.05) is 6.92 Å². The molecule has 53 heavy (non-hydrogen) atoms. The van der Waals surface area contributed by atoms with E-state index in [1.54, 1.807) is 18.9 Å². The molecule has 292 valence electrons. The third-order valence-corrected chi connectivity index (χ3v) is 9.67. The predicted octanol–water partition coefficient (Wildman–Crippen LogP) is 0.742. The van der Waals surface area contributed by atoms with Crippen molar-refractivity contribution in [3.05, 3.63) is 65.2 Å². The third-order valence-electron chi connectivity index (χ3n) is 8.59. The van der Waals surface area contributed by atoms with Crippen molar-refractivity contribution in [1.82, 2.24) is 29.7 Å². The molecule has 2 aromatic heterocycles.